The Labute approximate surface area is 524 Å². The second-order valence-electron chi connectivity index (χ2n) is 22.1. The maximum atomic E-state index is 12.7. The van der Waals surface area contributed by atoms with Gasteiger partial charge in [-0.25, -0.2) is 4.79 Å². The SMILES string of the molecule is COC(=O)/C=C\O[C@@H]1C[C@H](OCc2ccccc2)[C@@H](COCc2ccccc2)O[C@@]1(C)[C@@H](CC(O[C@H]1/C=C\C[C@@H](OCc2ccccc2)[C@H](COCc2ccccc2)O[C@@H]1CCOCCc1ccc(OC)cc1)Sc1ccccc1)OCc1ccccc1. The molecule has 7 aromatic rings. The fourth-order valence-corrected chi connectivity index (χ4v) is 11.8. The summed E-state index contributed by atoms with van der Waals surface area (Å²) in [6, 6.07) is 68.9. The minimum Gasteiger partial charge on any atom is -0.497 e. The predicted octanol–water partition coefficient (Wildman–Crippen LogP) is 14.1. The molecule has 464 valence electrons. The van der Waals surface area contributed by atoms with Crippen molar-refractivity contribution in [3.8, 4) is 5.75 Å². The van der Waals surface area contributed by atoms with E-state index in [1.807, 2.05) is 165 Å². The first kappa shape index (κ1) is 65.5. The second-order valence-corrected chi connectivity index (χ2v) is 23.3. The molecule has 88 heavy (non-hydrogen) atoms. The van der Waals surface area contributed by atoms with Crippen LogP contribution in [0.3, 0.4) is 0 Å². The van der Waals surface area contributed by atoms with Gasteiger partial charge in [0, 0.05) is 24.3 Å². The lowest BCUT2D eigenvalue weighted by molar-refractivity contribution is -0.281. The minimum absolute atomic E-state index is 0.207. The molecule has 0 amide bonds. The standard InChI is InChI=1S/C74H84O13S/c1-74(70(81-46-43-72(75)77-3)47-67(83-52-60-29-16-7-17-30-60)69(87-74)55-80-50-58-25-12-5-13-26-58)71(84-53-61-31-18-8-19-32-61)48-73(88-63-33-20-9-21-34-63)86-65-36-22-35-64(82-51-59-27-14-6-15-28-59)68(54-79-49-57-23-10-4-11-24-57)85-66(65)42-45-78-44-41-56-37-39-62(76-2)40-38-56/h4-34,36-40,43,46,64-71,73H,35,41-42,44-45,47-55H2,1-3H3/b36-22-,46-43-/t64-,65+,66-,67+,68+,69-,70-,71-,73?,74-/m1/s1. The summed E-state index contributed by atoms with van der Waals surface area (Å²) in [7, 11) is 3.01. The summed E-state index contributed by atoms with van der Waals surface area (Å²) in [6.07, 6.45) is 4.90. The lowest BCUT2D eigenvalue weighted by atomic mass is 9.82. The Balaban J connectivity index is 1.06. The van der Waals surface area contributed by atoms with Gasteiger partial charge < -0.3 is 56.8 Å². The van der Waals surface area contributed by atoms with Crippen LogP contribution in [0.5, 0.6) is 5.75 Å². The van der Waals surface area contributed by atoms with Crippen molar-refractivity contribution >= 4 is 17.7 Å². The van der Waals surface area contributed by atoms with Gasteiger partial charge in [-0.2, -0.15) is 0 Å². The highest BCUT2D eigenvalue weighted by molar-refractivity contribution is 7.99. The highest BCUT2D eigenvalue weighted by atomic mass is 32.2. The van der Waals surface area contributed by atoms with Gasteiger partial charge in [0.25, 0.3) is 0 Å². The largest absolute Gasteiger partial charge is 0.497 e. The molecule has 0 radical (unpaired) electrons. The highest BCUT2D eigenvalue weighted by Crippen LogP contribution is 2.42. The fraction of sp³-hybridized carbons (Fsp3) is 0.365. The van der Waals surface area contributed by atoms with Crippen molar-refractivity contribution in [2.75, 3.05) is 40.6 Å². The van der Waals surface area contributed by atoms with E-state index in [1.54, 1.807) is 18.9 Å². The smallest absolute Gasteiger partial charge is 0.333 e. The van der Waals surface area contributed by atoms with Crippen molar-refractivity contribution in [2.45, 2.75) is 137 Å². The van der Waals surface area contributed by atoms with Crippen molar-refractivity contribution in [3.05, 3.63) is 264 Å². The Morgan fingerprint density at radius 2 is 1.12 bits per heavy atom. The number of rotatable bonds is 34. The minimum atomic E-state index is -1.23. The molecule has 10 atom stereocenters. The van der Waals surface area contributed by atoms with Crippen LogP contribution in [0.15, 0.2) is 236 Å². The van der Waals surface area contributed by atoms with E-state index in [0.29, 0.717) is 65.3 Å². The van der Waals surface area contributed by atoms with E-state index in [0.717, 1.165) is 50.4 Å². The third kappa shape index (κ3) is 21.1. The molecule has 0 bridgehead atoms. The van der Waals surface area contributed by atoms with Crippen molar-refractivity contribution in [3.63, 3.8) is 0 Å². The first-order valence-electron chi connectivity index (χ1n) is 30.5. The number of carbonyl (C=O) groups is 1. The van der Waals surface area contributed by atoms with Gasteiger partial charge in [0.05, 0.1) is 104 Å². The Morgan fingerprint density at radius 3 is 1.69 bits per heavy atom. The number of esters is 1. The third-order valence-electron chi connectivity index (χ3n) is 15.7. The molecule has 0 N–H and O–H groups in total. The number of hydrogen-bond acceptors (Lipinski definition) is 14. The van der Waals surface area contributed by atoms with Gasteiger partial charge in [0.15, 0.2) is 0 Å². The quantitative estimate of drug-likeness (QED) is 0.00722. The van der Waals surface area contributed by atoms with Gasteiger partial charge in [-0.05, 0) is 83.8 Å². The van der Waals surface area contributed by atoms with Crippen LogP contribution < -0.4 is 4.74 Å². The van der Waals surface area contributed by atoms with Crippen LogP contribution in [0.1, 0.15) is 66.0 Å². The van der Waals surface area contributed by atoms with E-state index < -0.39 is 59.7 Å². The average Bonchev–Trinajstić information content (AvgIpc) is 1.12. The van der Waals surface area contributed by atoms with Gasteiger partial charge in [0.1, 0.15) is 41.2 Å². The van der Waals surface area contributed by atoms with Crippen molar-refractivity contribution in [1.29, 1.82) is 0 Å². The molecule has 7 aromatic carbocycles. The highest BCUT2D eigenvalue weighted by Gasteiger charge is 2.54. The summed E-state index contributed by atoms with van der Waals surface area (Å²) in [5.41, 5.74) is 4.49. The molecule has 13 nitrogen and oxygen atoms in total. The summed E-state index contributed by atoms with van der Waals surface area (Å²) in [6.45, 7) is 5.17. The van der Waals surface area contributed by atoms with Crippen LogP contribution >= 0.6 is 11.8 Å². The first-order chi connectivity index (χ1) is 43.3. The molecule has 9 rings (SSSR count). The van der Waals surface area contributed by atoms with E-state index in [2.05, 4.69) is 60.7 Å². The van der Waals surface area contributed by atoms with Crippen molar-refractivity contribution in [2.24, 2.45) is 0 Å². The van der Waals surface area contributed by atoms with Crippen LogP contribution in [0.25, 0.3) is 0 Å². The molecular formula is C74H84O13S. The van der Waals surface area contributed by atoms with Gasteiger partial charge in [-0.3, -0.25) is 0 Å². The average molecular weight is 1210 g/mol. The summed E-state index contributed by atoms with van der Waals surface area (Å²) in [5.74, 6) is 0.251. The van der Waals surface area contributed by atoms with E-state index >= 15 is 0 Å². The fourth-order valence-electron chi connectivity index (χ4n) is 10.8. The maximum absolute atomic E-state index is 12.7. The molecule has 14 heteroatoms. The van der Waals surface area contributed by atoms with Crippen LogP contribution in [0.2, 0.25) is 0 Å². The normalized spacial score (nSPS) is 22.2. The zero-order chi connectivity index (χ0) is 60.9. The molecule has 1 unspecified atom stereocenters. The van der Waals surface area contributed by atoms with Crippen LogP contribution in [-0.4, -0.2) is 106 Å². The van der Waals surface area contributed by atoms with E-state index in [9.17, 15) is 4.79 Å². The van der Waals surface area contributed by atoms with Crippen LogP contribution in [-0.2, 0) is 96.4 Å². The third-order valence-corrected chi connectivity index (χ3v) is 16.8. The predicted molar refractivity (Wildman–Crippen MR) is 341 cm³/mol. The van der Waals surface area contributed by atoms with Crippen molar-refractivity contribution < 1.29 is 61.6 Å². The molecule has 2 aliphatic heterocycles. The topological polar surface area (TPSA) is 128 Å². The summed E-state index contributed by atoms with van der Waals surface area (Å²) in [5, 5.41) is 0. The number of ether oxygens (including phenoxy) is 12. The van der Waals surface area contributed by atoms with Crippen LogP contribution in [0, 0.1) is 0 Å². The number of hydrogen-bond donors (Lipinski definition) is 0. The van der Waals surface area contributed by atoms with E-state index in [-0.39, 0.29) is 25.9 Å². The second kappa shape index (κ2) is 35.9. The monoisotopic (exact) mass is 1210 g/mol. The zero-order valence-corrected chi connectivity index (χ0v) is 51.6. The molecular weight excluding hydrogens is 1130 g/mol. The molecule has 1 saturated heterocycles. The molecule has 0 spiro atoms. The number of methoxy groups -OCH3 is 2. The lowest BCUT2D eigenvalue weighted by Crippen LogP contribution is -2.63. The van der Waals surface area contributed by atoms with E-state index in [4.69, 9.17) is 56.8 Å². The Morgan fingerprint density at radius 1 is 0.591 bits per heavy atom. The molecule has 0 aliphatic carbocycles. The van der Waals surface area contributed by atoms with Gasteiger partial charge in [0.2, 0.25) is 0 Å². The molecule has 0 aromatic heterocycles. The number of carbonyl (C=O) groups excluding carboxylic acids is 1. The summed E-state index contributed by atoms with van der Waals surface area (Å²) in [4.78, 5) is 13.7. The molecule has 1 fully saturated rings. The number of thioether (sulfide) groups is 1. The lowest BCUT2D eigenvalue weighted by Gasteiger charge is -2.50. The summed E-state index contributed by atoms with van der Waals surface area (Å²) < 4.78 is 80.1. The van der Waals surface area contributed by atoms with Gasteiger partial charge in [-0.1, -0.05) is 206 Å². The van der Waals surface area contributed by atoms with Gasteiger partial charge in [-0.15, -0.1) is 0 Å². The van der Waals surface area contributed by atoms with E-state index in [1.165, 1.54) is 19.4 Å². The zero-order valence-electron chi connectivity index (χ0n) is 50.8. The molecule has 0 saturated carbocycles. The molecule has 2 aliphatic rings. The Bertz CT molecular complexity index is 3090. The van der Waals surface area contributed by atoms with Crippen molar-refractivity contribution in [1.82, 2.24) is 0 Å². The maximum Gasteiger partial charge on any atom is 0.333 e. The van der Waals surface area contributed by atoms with Crippen LogP contribution in [0.4, 0.5) is 0 Å². The number of benzene rings is 7. The Kier molecular flexibility index (Phi) is 26.7. The summed E-state index contributed by atoms with van der Waals surface area (Å²) >= 11 is 1.60. The molecule has 2 heterocycles. The van der Waals surface area contributed by atoms with Gasteiger partial charge >= 0.3 is 5.97 Å². The first-order valence-corrected chi connectivity index (χ1v) is 31.4. The Hall–Kier alpha value is -6.92.